The van der Waals surface area contributed by atoms with Gasteiger partial charge in [0.2, 0.25) is 6.79 Å². The van der Waals surface area contributed by atoms with Crippen molar-refractivity contribution in [2.75, 3.05) is 12.1 Å². The first-order chi connectivity index (χ1) is 13.1. The van der Waals surface area contributed by atoms with Crippen molar-refractivity contribution in [3.8, 4) is 22.6 Å². The van der Waals surface area contributed by atoms with E-state index in [1.54, 1.807) is 12.1 Å². The Hall–Kier alpha value is -3.27. The van der Waals surface area contributed by atoms with Crippen molar-refractivity contribution in [3.05, 3.63) is 77.9 Å². The van der Waals surface area contributed by atoms with Gasteiger partial charge >= 0.3 is 0 Å². The van der Waals surface area contributed by atoms with Gasteiger partial charge in [-0.15, -0.1) is 0 Å². The number of benzene rings is 3. The molecule has 0 aromatic heterocycles. The van der Waals surface area contributed by atoms with Crippen molar-refractivity contribution in [1.29, 1.82) is 0 Å². The maximum Gasteiger partial charge on any atom is 0.256 e. The summed E-state index contributed by atoms with van der Waals surface area (Å²) in [7, 11) is 0. The van der Waals surface area contributed by atoms with Crippen LogP contribution in [0.15, 0.2) is 66.7 Å². The summed E-state index contributed by atoms with van der Waals surface area (Å²) >= 11 is 0. The first kappa shape index (κ1) is 17.2. The number of anilines is 1. The zero-order valence-corrected chi connectivity index (χ0v) is 15.4. The van der Waals surface area contributed by atoms with Crippen LogP contribution in [0.25, 0.3) is 11.1 Å². The number of hydrogen-bond acceptors (Lipinski definition) is 3. The number of fused-ring (bicyclic) bond motifs is 1. The van der Waals surface area contributed by atoms with Gasteiger partial charge in [-0.2, -0.15) is 0 Å². The van der Waals surface area contributed by atoms with E-state index < -0.39 is 0 Å². The molecule has 1 aliphatic rings. The second kappa shape index (κ2) is 7.16. The van der Waals surface area contributed by atoms with Gasteiger partial charge in [0.25, 0.3) is 5.91 Å². The Balaban J connectivity index is 1.64. The Kier molecular flexibility index (Phi) is 4.55. The number of amides is 1. The highest BCUT2D eigenvalue weighted by Gasteiger charge is 2.17. The van der Waals surface area contributed by atoms with Crippen molar-refractivity contribution < 1.29 is 14.3 Å². The molecule has 3 aromatic rings. The van der Waals surface area contributed by atoms with Gasteiger partial charge < -0.3 is 14.8 Å². The first-order valence-corrected chi connectivity index (χ1v) is 9.02. The van der Waals surface area contributed by atoms with E-state index in [2.05, 4.69) is 31.3 Å². The molecule has 4 heteroatoms. The largest absolute Gasteiger partial charge is 0.454 e. The van der Waals surface area contributed by atoms with E-state index >= 15 is 0 Å². The van der Waals surface area contributed by atoms with Gasteiger partial charge in [0, 0.05) is 17.3 Å². The fraction of sp³-hybridized carbons (Fsp3) is 0.174. The van der Waals surface area contributed by atoms with Gasteiger partial charge in [0.1, 0.15) is 0 Å². The first-order valence-electron chi connectivity index (χ1n) is 9.02. The summed E-state index contributed by atoms with van der Waals surface area (Å²) in [6.07, 6.45) is 0. The molecule has 27 heavy (non-hydrogen) atoms. The Morgan fingerprint density at radius 1 is 0.926 bits per heavy atom. The maximum atomic E-state index is 12.9. The third-order valence-corrected chi connectivity index (χ3v) is 4.67. The van der Waals surface area contributed by atoms with E-state index in [9.17, 15) is 4.79 Å². The average molecular weight is 359 g/mol. The minimum Gasteiger partial charge on any atom is -0.454 e. The van der Waals surface area contributed by atoms with Crippen molar-refractivity contribution >= 4 is 11.6 Å². The van der Waals surface area contributed by atoms with Crippen molar-refractivity contribution in [3.63, 3.8) is 0 Å². The van der Waals surface area contributed by atoms with Gasteiger partial charge in [0.15, 0.2) is 11.5 Å². The lowest BCUT2D eigenvalue weighted by molar-refractivity contribution is 0.102. The number of nitrogens with one attached hydrogen (secondary N) is 1. The van der Waals surface area contributed by atoms with Gasteiger partial charge in [-0.3, -0.25) is 4.79 Å². The maximum absolute atomic E-state index is 12.9. The molecular formula is C23H21NO3. The SMILES string of the molecule is CC(C)c1cccc(-c2ccccc2C(=O)Nc2ccc3c(c2)OCO3)c1. The molecule has 0 unspecified atom stereocenters. The predicted octanol–water partition coefficient (Wildman–Crippen LogP) is 5.46. The number of ether oxygens (including phenoxy) is 2. The molecule has 1 N–H and O–H groups in total. The summed E-state index contributed by atoms with van der Waals surface area (Å²) in [6.45, 7) is 4.54. The van der Waals surface area contributed by atoms with Crippen LogP contribution in [0.2, 0.25) is 0 Å². The average Bonchev–Trinajstić information content (AvgIpc) is 3.16. The molecule has 3 aromatic carbocycles. The number of carbonyl (C=O) groups is 1. The van der Waals surface area contributed by atoms with E-state index in [4.69, 9.17) is 9.47 Å². The number of carbonyl (C=O) groups excluding carboxylic acids is 1. The van der Waals surface area contributed by atoms with Crippen LogP contribution in [0.1, 0.15) is 35.7 Å². The van der Waals surface area contributed by atoms with Crippen LogP contribution in [-0.2, 0) is 0 Å². The summed E-state index contributed by atoms with van der Waals surface area (Å²) in [4.78, 5) is 12.9. The van der Waals surface area contributed by atoms with Crippen LogP contribution in [-0.4, -0.2) is 12.7 Å². The lowest BCUT2D eigenvalue weighted by Crippen LogP contribution is -2.13. The minimum absolute atomic E-state index is 0.153. The van der Waals surface area contributed by atoms with Gasteiger partial charge in [-0.25, -0.2) is 0 Å². The Bertz CT molecular complexity index is 994. The highest BCUT2D eigenvalue weighted by atomic mass is 16.7. The lowest BCUT2D eigenvalue weighted by Gasteiger charge is -2.13. The third kappa shape index (κ3) is 3.51. The van der Waals surface area contributed by atoms with E-state index in [0.717, 1.165) is 11.1 Å². The summed E-state index contributed by atoms with van der Waals surface area (Å²) < 4.78 is 10.7. The zero-order chi connectivity index (χ0) is 18.8. The standard InChI is InChI=1S/C23H21NO3/c1-15(2)16-6-5-7-17(12-16)19-8-3-4-9-20(19)23(25)24-18-10-11-21-22(13-18)27-14-26-21/h3-13,15H,14H2,1-2H3,(H,24,25). The minimum atomic E-state index is -0.153. The molecule has 0 spiro atoms. The zero-order valence-electron chi connectivity index (χ0n) is 15.4. The van der Waals surface area contributed by atoms with Crippen LogP contribution in [0.3, 0.4) is 0 Å². The van der Waals surface area contributed by atoms with Crippen LogP contribution in [0.5, 0.6) is 11.5 Å². The molecule has 4 nitrogen and oxygen atoms in total. The molecule has 0 aliphatic carbocycles. The quantitative estimate of drug-likeness (QED) is 0.673. The van der Waals surface area contributed by atoms with E-state index in [-0.39, 0.29) is 12.7 Å². The molecule has 0 atom stereocenters. The normalized spacial score (nSPS) is 12.3. The fourth-order valence-electron chi connectivity index (χ4n) is 3.17. The molecule has 1 aliphatic heterocycles. The van der Waals surface area contributed by atoms with Gasteiger partial charge in [-0.05, 0) is 40.8 Å². The monoisotopic (exact) mass is 359 g/mol. The molecule has 0 bridgehead atoms. The second-order valence-electron chi connectivity index (χ2n) is 6.85. The molecule has 0 fully saturated rings. The van der Waals surface area contributed by atoms with Crippen molar-refractivity contribution in [2.24, 2.45) is 0 Å². The smallest absolute Gasteiger partial charge is 0.256 e. The molecule has 0 saturated carbocycles. The van der Waals surface area contributed by atoms with Crippen LogP contribution < -0.4 is 14.8 Å². The molecule has 4 rings (SSSR count). The summed E-state index contributed by atoms with van der Waals surface area (Å²) in [6, 6.07) is 21.4. The molecule has 1 heterocycles. The summed E-state index contributed by atoms with van der Waals surface area (Å²) in [5.74, 6) is 1.61. The molecule has 1 amide bonds. The Morgan fingerprint density at radius 3 is 2.59 bits per heavy atom. The van der Waals surface area contributed by atoms with Crippen LogP contribution >= 0.6 is 0 Å². The molecule has 0 saturated heterocycles. The van der Waals surface area contributed by atoms with Gasteiger partial charge in [0.05, 0.1) is 0 Å². The lowest BCUT2D eigenvalue weighted by atomic mass is 9.94. The van der Waals surface area contributed by atoms with Crippen molar-refractivity contribution in [1.82, 2.24) is 0 Å². The number of rotatable bonds is 4. The topological polar surface area (TPSA) is 47.6 Å². The van der Waals surface area contributed by atoms with E-state index in [1.807, 2.05) is 42.5 Å². The summed E-state index contributed by atoms with van der Waals surface area (Å²) in [5.41, 5.74) is 4.51. The predicted molar refractivity (Wildman–Crippen MR) is 106 cm³/mol. The fourth-order valence-corrected chi connectivity index (χ4v) is 3.17. The van der Waals surface area contributed by atoms with E-state index in [1.165, 1.54) is 5.56 Å². The second-order valence-corrected chi connectivity index (χ2v) is 6.85. The highest BCUT2D eigenvalue weighted by Crippen LogP contribution is 2.34. The molecule has 0 radical (unpaired) electrons. The Morgan fingerprint density at radius 2 is 1.74 bits per heavy atom. The highest BCUT2D eigenvalue weighted by molar-refractivity contribution is 6.08. The number of hydrogen-bond donors (Lipinski definition) is 1. The van der Waals surface area contributed by atoms with Crippen LogP contribution in [0, 0.1) is 0 Å². The van der Waals surface area contributed by atoms with Crippen molar-refractivity contribution in [2.45, 2.75) is 19.8 Å². The molecular weight excluding hydrogens is 338 g/mol. The third-order valence-electron chi connectivity index (χ3n) is 4.67. The van der Waals surface area contributed by atoms with Gasteiger partial charge in [-0.1, -0.05) is 56.3 Å². The van der Waals surface area contributed by atoms with E-state index in [0.29, 0.717) is 28.7 Å². The molecule has 136 valence electrons. The van der Waals surface area contributed by atoms with Crippen LogP contribution in [0.4, 0.5) is 5.69 Å². The Labute approximate surface area is 158 Å². The summed E-state index contributed by atoms with van der Waals surface area (Å²) in [5, 5.41) is 2.96.